The van der Waals surface area contributed by atoms with Crippen LogP contribution in [0.5, 0.6) is 0 Å². The third-order valence-corrected chi connectivity index (χ3v) is 8.34. The molecular formula is C25H34FN5O. The van der Waals surface area contributed by atoms with Gasteiger partial charge in [-0.25, -0.2) is 4.39 Å². The number of anilines is 1. The molecule has 1 saturated carbocycles. The zero-order valence-corrected chi connectivity index (χ0v) is 18.9. The summed E-state index contributed by atoms with van der Waals surface area (Å²) in [6.07, 6.45) is 5.64. The third-order valence-electron chi connectivity index (χ3n) is 8.34. The van der Waals surface area contributed by atoms with E-state index in [0.29, 0.717) is 30.0 Å². The molecule has 0 aromatic heterocycles. The minimum absolute atomic E-state index is 0.0978. The second-order valence-corrected chi connectivity index (χ2v) is 10.3. The van der Waals surface area contributed by atoms with Crippen LogP contribution in [0.25, 0.3) is 0 Å². The van der Waals surface area contributed by atoms with Gasteiger partial charge >= 0.3 is 0 Å². The monoisotopic (exact) mass is 439 g/mol. The molecule has 3 aliphatic heterocycles. The molecule has 6 nitrogen and oxygen atoms in total. The van der Waals surface area contributed by atoms with E-state index in [2.05, 4.69) is 27.4 Å². The topological polar surface area (TPSA) is 71.4 Å². The summed E-state index contributed by atoms with van der Waals surface area (Å²) in [5.41, 5.74) is 0.952. The van der Waals surface area contributed by atoms with Crippen LogP contribution in [0.3, 0.4) is 0 Å². The molecule has 1 amide bonds. The van der Waals surface area contributed by atoms with Crippen molar-refractivity contribution in [3.8, 4) is 6.07 Å². The first kappa shape index (κ1) is 21.7. The van der Waals surface area contributed by atoms with Gasteiger partial charge in [-0.1, -0.05) is 0 Å². The van der Waals surface area contributed by atoms with E-state index in [-0.39, 0.29) is 17.4 Å². The van der Waals surface area contributed by atoms with Crippen LogP contribution >= 0.6 is 0 Å². The van der Waals surface area contributed by atoms with Crippen LogP contribution < -0.4 is 15.5 Å². The summed E-state index contributed by atoms with van der Waals surface area (Å²) in [7, 11) is 0. The Bertz CT molecular complexity index is 901. The molecule has 0 bridgehead atoms. The lowest BCUT2D eigenvalue weighted by Gasteiger charge is -2.50. The van der Waals surface area contributed by atoms with Crippen molar-refractivity contribution >= 4 is 11.6 Å². The third kappa shape index (κ3) is 4.11. The number of amides is 1. The molecule has 4 fully saturated rings. The Hall–Kier alpha value is -2.17. The summed E-state index contributed by atoms with van der Waals surface area (Å²) in [5, 5.41) is 16.0. The van der Waals surface area contributed by atoms with E-state index in [0.717, 1.165) is 57.7 Å². The Labute approximate surface area is 190 Å². The van der Waals surface area contributed by atoms with Crippen molar-refractivity contribution in [3.05, 3.63) is 29.6 Å². The fourth-order valence-corrected chi connectivity index (χ4v) is 6.61. The van der Waals surface area contributed by atoms with E-state index in [1.807, 2.05) is 12.1 Å². The number of nitriles is 1. The lowest BCUT2D eigenvalue weighted by molar-refractivity contribution is -0.133. The van der Waals surface area contributed by atoms with Crippen LogP contribution in [0.15, 0.2) is 18.2 Å². The first-order chi connectivity index (χ1) is 15.5. The number of piperidine rings is 2. The van der Waals surface area contributed by atoms with Crippen molar-refractivity contribution < 1.29 is 9.18 Å². The number of nitrogens with one attached hydrogen (secondary N) is 2. The van der Waals surface area contributed by atoms with Gasteiger partial charge in [0.1, 0.15) is 11.9 Å². The molecule has 5 rings (SSSR count). The molecule has 1 aromatic carbocycles. The van der Waals surface area contributed by atoms with Crippen molar-refractivity contribution in [2.45, 2.75) is 57.2 Å². The molecule has 1 aliphatic carbocycles. The Morgan fingerprint density at radius 1 is 1.25 bits per heavy atom. The van der Waals surface area contributed by atoms with E-state index in [1.54, 1.807) is 6.07 Å². The molecule has 6 atom stereocenters. The summed E-state index contributed by atoms with van der Waals surface area (Å²) in [5.74, 6) is 1.18. The number of rotatable bonds is 3. The molecule has 3 saturated heterocycles. The minimum Gasteiger partial charge on any atom is -0.369 e. The number of benzene rings is 1. The molecule has 4 aliphatic rings. The van der Waals surface area contributed by atoms with E-state index in [4.69, 9.17) is 5.26 Å². The highest BCUT2D eigenvalue weighted by Crippen LogP contribution is 2.39. The second-order valence-electron chi connectivity index (χ2n) is 10.3. The minimum atomic E-state index is -0.443. The molecule has 6 unspecified atom stereocenters. The first-order valence-corrected chi connectivity index (χ1v) is 12.3. The fourth-order valence-electron chi connectivity index (χ4n) is 6.61. The maximum atomic E-state index is 14.1. The van der Waals surface area contributed by atoms with Gasteiger partial charge in [0.05, 0.1) is 11.5 Å². The van der Waals surface area contributed by atoms with Crippen molar-refractivity contribution in [2.75, 3.05) is 37.6 Å². The Morgan fingerprint density at radius 3 is 2.91 bits per heavy atom. The van der Waals surface area contributed by atoms with Crippen molar-refractivity contribution in [3.63, 3.8) is 0 Å². The Balaban J connectivity index is 1.17. The molecular weight excluding hydrogens is 405 g/mol. The molecule has 3 heterocycles. The van der Waals surface area contributed by atoms with E-state index >= 15 is 0 Å². The van der Waals surface area contributed by atoms with Gasteiger partial charge in [-0.3, -0.25) is 9.69 Å². The van der Waals surface area contributed by atoms with Crippen molar-refractivity contribution in [1.29, 1.82) is 5.26 Å². The molecule has 2 N–H and O–H groups in total. The average Bonchev–Trinajstić information content (AvgIpc) is 2.80. The lowest BCUT2D eigenvalue weighted by Crippen LogP contribution is -2.64. The largest absolute Gasteiger partial charge is 0.369 e. The van der Waals surface area contributed by atoms with Gasteiger partial charge in [-0.05, 0) is 75.6 Å². The molecule has 0 radical (unpaired) electrons. The zero-order chi connectivity index (χ0) is 22.2. The van der Waals surface area contributed by atoms with Gasteiger partial charge < -0.3 is 15.5 Å². The highest BCUT2D eigenvalue weighted by molar-refractivity contribution is 5.81. The van der Waals surface area contributed by atoms with Crippen LogP contribution in [0, 0.1) is 34.9 Å². The number of fused-ring (bicyclic) bond motifs is 3. The molecule has 172 valence electrons. The quantitative estimate of drug-likeness (QED) is 0.757. The molecule has 7 heteroatoms. The second kappa shape index (κ2) is 8.99. The summed E-state index contributed by atoms with van der Waals surface area (Å²) in [6.45, 7) is 7.03. The summed E-state index contributed by atoms with van der Waals surface area (Å²) >= 11 is 0. The van der Waals surface area contributed by atoms with Gasteiger partial charge in [-0.2, -0.15) is 5.26 Å². The maximum absolute atomic E-state index is 14.1. The number of hydrogen-bond acceptors (Lipinski definition) is 5. The average molecular weight is 440 g/mol. The van der Waals surface area contributed by atoms with Gasteiger partial charge in [0.15, 0.2) is 0 Å². The van der Waals surface area contributed by atoms with Gasteiger partial charge in [-0.15, -0.1) is 0 Å². The van der Waals surface area contributed by atoms with Crippen LogP contribution in [-0.4, -0.2) is 61.7 Å². The number of carbonyl (C=O) groups is 1. The predicted molar refractivity (Wildman–Crippen MR) is 122 cm³/mol. The fraction of sp³-hybridized carbons (Fsp3) is 0.680. The van der Waals surface area contributed by atoms with Crippen LogP contribution in [0.2, 0.25) is 0 Å². The van der Waals surface area contributed by atoms with E-state index in [9.17, 15) is 9.18 Å². The Morgan fingerprint density at radius 2 is 2.12 bits per heavy atom. The number of nitrogens with zero attached hydrogens (tertiary/aromatic N) is 3. The van der Waals surface area contributed by atoms with Crippen LogP contribution in [0.4, 0.5) is 10.1 Å². The van der Waals surface area contributed by atoms with Gasteiger partial charge in [0.2, 0.25) is 5.91 Å². The smallest absolute Gasteiger partial charge is 0.224 e. The molecule has 0 spiro atoms. The van der Waals surface area contributed by atoms with Gasteiger partial charge in [0, 0.05) is 50.0 Å². The normalized spacial score (nSPS) is 35.4. The number of hydrogen-bond donors (Lipinski definition) is 2. The standard InChI is InChI=1S/C25H34FN5O/c1-16-14-31(19-6-5-18(13-27)22(26)12-19)10-9-30(16)15-17-4-7-20-23(11-17)29-25(32)21-3-2-8-28-24(20)21/h5-6,12,16-17,20-21,23-24,28H,2-4,7-11,14-15H2,1H3,(H,29,32). The SMILES string of the molecule is CC1CN(c2ccc(C#N)c(F)c2)CCN1CC1CCC2C(C1)NC(=O)C1CCCNC12. The van der Waals surface area contributed by atoms with Crippen LogP contribution in [0.1, 0.15) is 44.6 Å². The number of piperazine rings is 1. The van der Waals surface area contributed by atoms with Crippen molar-refractivity contribution in [1.82, 2.24) is 15.5 Å². The number of halogens is 1. The summed E-state index contributed by atoms with van der Waals surface area (Å²) in [6, 6.07) is 7.87. The zero-order valence-electron chi connectivity index (χ0n) is 18.9. The lowest BCUT2D eigenvalue weighted by atomic mass is 9.67. The summed E-state index contributed by atoms with van der Waals surface area (Å²) < 4.78 is 14.1. The Kier molecular flexibility index (Phi) is 6.09. The number of carbonyl (C=O) groups excluding carboxylic acids is 1. The molecule has 32 heavy (non-hydrogen) atoms. The van der Waals surface area contributed by atoms with E-state index < -0.39 is 5.82 Å². The van der Waals surface area contributed by atoms with Gasteiger partial charge in [0.25, 0.3) is 0 Å². The predicted octanol–water partition coefficient (Wildman–Crippen LogP) is 2.49. The first-order valence-electron chi connectivity index (χ1n) is 12.3. The van der Waals surface area contributed by atoms with Crippen molar-refractivity contribution in [2.24, 2.45) is 17.8 Å². The highest BCUT2D eigenvalue weighted by atomic mass is 19.1. The molecule has 1 aromatic rings. The van der Waals surface area contributed by atoms with Crippen LogP contribution in [-0.2, 0) is 4.79 Å². The summed E-state index contributed by atoms with van der Waals surface area (Å²) in [4.78, 5) is 17.4. The maximum Gasteiger partial charge on any atom is 0.224 e. The van der Waals surface area contributed by atoms with E-state index in [1.165, 1.54) is 18.9 Å². The highest BCUT2D eigenvalue weighted by Gasteiger charge is 2.47.